The van der Waals surface area contributed by atoms with Gasteiger partial charge < -0.3 is 10.2 Å². The SMILES string of the molecule is O=C1CNC(=O)C2(CCCC2)N1Cc1cc(Br)ccc1F. The molecule has 2 aliphatic rings. The van der Waals surface area contributed by atoms with E-state index in [1.54, 1.807) is 17.0 Å². The third-order valence-electron chi connectivity index (χ3n) is 4.41. The first-order valence-corrected chi connectivity index (χ1v) is 7.85. The van der Waals surface area contributed by atoms with Crippen LogP contribution in [0.2, 0.25) is 0 Å². The van der Waals surface area contributed by atoms with Crippen molar-refractivity contribution in [2.75, 3.05) is 6.54 Å². The molecule has 0 unspecified atom stereocenters. The Morgan fingerprint density at radius 1 is 1.29 bits per heavy atom. The van der Waals surface area contributed by atoms with Gasteiger partial charge in [0.05, 0.1) is 6.54 Å². The standard InChI is InChI=1S/C15H16BrFN2O2/c16-11-3-4-12(17)10(7-11)9-19-13(20)8-18-14(21)15(19)5-1-2-6-15/h3-4,7H,1-2,5-6,8-9H2,(H,18,21). The monoisotopic (exact) mass is 354 g/mol. The van der Waals surface area contributed by atoms with Crippen molar-refractivity contribution < 1.29 is 14.0 Å². The fourth-order valence-corrected chi connectivity index (χ4v) is 3.72. The fourth-order valence-electron chi connectivity index (χ4n) is 3.31. The minimum absolute atomic E-state index is 0.00376. The van der Waals surface area contributed by atoms with Gasteiger partial charge in [-0.1, -0.05) is 28.8 Å². The Bertz CT molecular complexity index is 599. The first-order chi connectivity index (χ1) is 10.0. The summed E-state index contributed by atoms with van der Waals surface area (Å²) in [6.45, 7) is 0.133. The summed E-state index contributed by atoms with van der Waals surface area (Å²) in [7, 11) is 0. The highest BCUT2D eigenvalue weighted by Crippen LogP contribution is 2.38. The molecule has 3 rings (SSSR count). The topological polar surface area (TPSA) is 49.4 Å². The molecular formula is C15H16BrFN2O2. The van der Waals surface area contributed by atoms with E-state index < -0.39 is 5.54 Å². The molecule has 0 bridgehead atoms. The smallest absolute Gasteiger partial charge is 0.246 e. The van der Waals surface area contributed by atoms with Crippen molar-refractivity contribution in [3.05, 3.63) is 34.1 Å². The van der Waals surface area contributed by atoms with Gasteiger partial charge in [-0.05, 0) is 31.0 Å². The summed E-state index contributed by atoms with van der Waals surface area (Å²) in [4.78, 5) is 26.2. The number of piperazine rings is 1. The lowest BCUT2D eigenvalue weighted by Gasteiger charge is -2.43. The van der Waals surface area contributed by atoms with E-state index >= 15 is 0 Å². The molecule has 1 aliphatic heterocycles. The normalized spacial score (nSPS) is 21.0. The van der Waals surface area contributed by atoms with E-state index in [0.29, 0.717) is 18.4 Å². The molecular weight excluding hydrogens is 339 g/mol. The Hall–Kier alpha value is -1.43. The van der Waals surface area contributed by atoms with Gasteiger partial charge in [0.25, 0.3) is 0 Å². The van der Waals surface area contributed by atoms with Crippen molar-refractivity contribution >= 4 is 27.7 Å². The Kier molecular flexibility index (Phi) is 3.73. The number of hydrogen-bond donors (Lipinski definition) is 1. The number of nitrogens with zero attached hydrogens (tertiary/aromatic N) is 1. The van der Waals surface area contributed by atoms with Crippen LogP contribution in [0.4, 0.5) is 4.39 Å². The van der Waals surface area contributed by atoms with Crippen molar-refractivity contribution in [1.82, 2.24) is 10.2 Å². The highest BCUT2D eigenvalue weighted by molar-refractivity contribution is 9.10. The molecule has 112 valence electrons. The maximum Gasteiger partial charge on any atom is 0.246 e. The molecule has 1 saturated carbocycles. The molecule has 1 aliphatic carbocycles. The van der Waals surface area contributed by atoms with Gasteiger partial charge in [0.2, 0.25) is 11.8 Å². The number of halogens is 2. The molecule has 0 atom stereocenters. The summed E-state index contributed by atoms with van der Waals surface area (Å²) in [5, 5.41) is 2.67. The van der Waals surface area contributed by atoms with Crippen LogP contribution < -0.4 is 5.32 Å². The number of hydrogen-bond acceptors (Lipinski definition) is 2. The molecule has 6 heteroatoms. The summed E-state index contributed by atoms with van der Waals surface area (Å²) < 4.78 is 14.7. The van der Waals surface area contributed by atoms with Crippen molar-refractivity contribution in [2.24, 2.45) is 0 Å². The molecule has 1 aromatic carbocycles. The third-order valence-corrected chi connectivity index (χ3v) is 4.90. The molecule has 2 amide bonds. The number of amides is 2. The first-order valence-electron chi connectivity index (χ1n) is 7.06. The molecule has 1 spiro atoms. The minimum Gasteiger partial charge on any atom is -0.345 e. The van der Waals surface area contributed by atoms with Crippen LogP contribution in [-0.2, 0) is 16.1 Å². The molecule has 0 radical (unpaired) electrons. The lowest BCUT2D eigenvalue weighted by molar-refractivity contribution is -0.154. The van der Waals surface area contributed by atoms with Gasteiger partial charge >= 0.3 is 0 Å². The van der Waals surface area contributed by atoms with Crippen LogP contribution in [-0.4, -0.2) is 28.8 Å². The first kappa shape index (κ1) is 14.5. The maximum absolute atomic E-state index is 14.0. The highest BCUT2D eigenvalue weighted by atomic mass is 79.9. The Morgan fingerprint density at radius 3 is 2.71 bits per heavy atom. The Balaban J connectivity index is 1.95. The van der Waals surface area contributed by atoms with Gasteiger partial charge in [-0.25, -0.2) is 4.39 Å². The molecule has 1 N–H and O–H groups in total. The van der Waals surface area contributed by atoms with Crippen molar-refractivity contribution in [3.8, 4) is 0 Å². The van der Waals surface area contributed by atoms with Crippen molar-refractivity contribution in [3.63, 3.8) is 0 Å². The van der Waals surface area contributed by atoms with E-state index in [2.05, 4.69) is 21.2 Å². The number of carbonyl (C=O) groups is 2. The van der Waals surface area contributed by atoms with Gasteiger partial charge in [-0.3, -0.25) is 9.59 Å². The lowest BCUT2D eigenvalue weighted by Crippen LogP contribution is -2.65. The van der Waals surface area contributed by atoms with Crippen LogP contribution >= 0.6 is 15.9 Å². The van der Waals surface area contributed by atoms with Gasteiger partial charge in [0.15, 0.2) is 0 Å². The number of rotatable bonds is 2. The number of benzene rings is 1. The summed E-state index contributed by atoms with van der Waals surface area (Å²) in [5.74, 6) is -0.601. The van der Waals surface area contributed by atoms with Crippen LogP contribution in [0.5, 0.6) is 0 Å². The average molecular weight is 355 g/mol. The zero-order chi connectivity index (χ0) is 15.0. The van der Waals surface area contributed by atoms with Gasteiger partial charge in [0.1, 0.15) is 11.4 Å². The molecule has 2 fully saturated rings. The molecule has 0 aromatic heterocycles. The van der Waals surface area contributed by atoms with Gasteiger partial charge in [0, 0.05) is 16.6 Å². The van der Waals surface area contributed by atoms with Crippen LogP contribution in [0.1, 0.15) is 31.2 Å². The second-order valence-electron chi connectivity index (χ2n) is 5.64. The molecule has 1 aromatic rings. The average Bonchev–Trinajstić information content (AvgIpc) is 2.94. The Labute approximate surface area is 130 Å². The third kappa shape index (κ3) is 2.46. The Morgan fingerprint density at radius 2 is 2.00 bits per heavy atom. The van der Waals surface area contributed by atoms with Crippen molar-refractivity contribution in [1.29, 1.82) is 0 Å². The van der Waals surface area contributed by atoms with Crippen LogP contribution in [0, 0.1) is 5.82 Å². The van der Waals surface area contributed by atoms with Gasteiger partial charge in [-0.2, -0.15) is 0 Å². The second-order valence-corrected chi connectivity index (χ2v) is 6.55. The van der Waals surface area contributed by atoms with Gasteiger partial charge in [-0.15, -0.1) is 0 Å². The number of nitrogens with one attached hydrogen (secondary N) is 1. The molecule has 4 nitrogen and oxygen atoms in total. The van der Waals surface area contributed by atoms with Crippen molar-refractivity contribution in [2.45, 2.75) is 37.8 Å². The van der Waals surface area contributed by atoms with E-state index in [1.165, 1.54) is 6.07 Å². The van der Waals surface area contributed by atoms with E-state index in [9.17, 15) is 14.0 Å². The molecule has 21 heavy (non-hydrogen) atoms. The summed E-state index contributed by atoms with van der Waals surface area (Å²) in [5.41, 5.74) is -0.358. The molecule has 1 heterocycles. The van der Waals surface area contributed by atoms with Crippen LogP contribution in [0.25, 0.3) is 0 Å². The lowest BCUT2D eigenvalue weighted by atomic mass is 9.90. The van der Waals surface area contributed by atoms with E-state index in [1.807, 2.05) is 0 Å². The zero-order valence-corrected chi connectivity index (χ0v) is 13.1. The summed E-state index contributed by atoms with van der Waals surface area (Å²) in [6.07, 6.45) is 3.14. The van der Waals surface area contributed by atoms with Crippen LogP contribution in [0.3, 0.4) is 0 Å². The van der Waals surface area contributed by atoms with E-state index in [-0.39, 0.29) is 30.7 Å². The predicted octanol–water partition coefficient (Wildman–Crippen LogP) is 2.36. The van der Waals surface area contributed by atoms with E-state index in [4.69, 9.17) is 0 Å². The predicted molar refractivity (Wildman–Crippen MR) is 78.9 cm³/mol. The quantitative estimate of drug-likeness (QED) is 0.886. The zero-order valence-electron chi connectivity index (χ0n) is 11.5. The van der Waals surface area contributed by atoms with Crippen LogP contribution in [0.15, 0.2) is 22.7 Å². The molecule has 1 saturated heterocycles. The highest BCUT2D eigenvalue weighted by Gasteiger charge is 2.50. The maximum atomic E-state index is 14.0. The summed E-state index contributed by atoms with van der Waals surface area (Å²) in [6, 6.07) is 4.65. The van der Waals surface area contributed by atoms with E-state index in [0.717, 1.165) is 17.3 Å². The minimum atomic E-state index is -0.788. The number of carbonyl (C=O) groups excluding carboxylic acids is 2. The fraction of sp³-hybridized carbons (Fsp3) is 0.467. The largest absolute Gasteiger partial charge is 0.345 e. The second kappa shape index (κ2) is 5.40. The summed E-state index contributed by atoms with van der Waals surface area (Å²) >= 11 is 3.31.